The number of halogens is 1. The maximum Gasteiger partial charge on any atom is 0.252 e. The van der Waals surface area contributed by atoms with Crippen LogP contribution in [0.2, 0.25) is 0 Å². The number of nitrogens with zero attached hydrogens (tertiary/aromatic N) is 1. The summed E-state index contributed by atoms with van der Waals surface area (Å²) in [6.07, 6.45) is 5.12. The van der Waals surface area contributed by atoms with Crippen LogP contribution in [-0.2, 0) is 25.8 Å². The zero-order valence-corrected chi connectivity index (χ0v) is 30.4. The van der Waals surface area contributed by atoms with E-state index < -0.39 is 62.0 Å². The molecule has 1 aliphatic heterocycles. The fourth-order valence-electron chi connectivity index (χ4n) is 7.03. The molecule has 2 fully saturated rings. The monoisotopic (exact) mass is 700 g/mol. The number of sulfone groups is 1. The van der Waals surface area contributed by atoms with Crippen molar-refractivity contribution in [2.24, 2.45) is 11.8 Å². The number of hydrogen-bond donors (Lipinski definition) is 4. The molecule has 0 bridgehead atoms. The number of amides is 3. The first-order valence-electron chi connectivity index (χ1n) is 17.2. The molecule has 1 saturated heterocycles. The van der Waals surface area contributed by atoms with Crippen LogP contribution in [0.25, 0.3) is 0 Å². The van der Waals surface area contributed by atoms with E-state index in [4.69, 9.17) is 0 Å². The summed E-state index contributed by atoms with van der Waals surface area (Å²) < 4.78 is 38.1. The third kappa shape index (κ3) is 10.1. The third-order valence-electron chi connectivity index (χ3n) is 10.1. The second-order valence-electron chi connectivity index (χ2n) is 15.4. The highest BCUT2D eigenvalue weighted by molar-refractivity contribution is 7.92. The fourth-order valence-corrected chi connectivity index (χ4v) is 7.62. The van der Waals surface area contributed by atoms with Gasteiger partial charge in [-0.25, -0.2) is 12.8 Å². The molecule has 1 saturated carbocycles. The maximum atomic E-state index is 14.1. The molecular weight excluding hydrogens is 647 g/mol. The van der Waals surface area contributed by atoms with Gasteiger partial charge < -0.3 is 21.1 Å². The number of aliphatic hydroxyl groups excluding tert-OH is 1. The van der Waals surface area contributed by atoms with Crippen LogP contribution in [0.15, 0.2) is 54.6 Å². The first-order valence-corrected chi connectivity index (χ1v) is 19.1. The van der Waals surface area contributed by atoms with E-state index in [-0.39, 0.29) is 24.4 Å². The van der Waals surface area contributed by atoms with Crippen molar-refractivity contribution in [3.8, 4) is 0 Å². The lowest BCUT2D eigenvalue weighted by Crippen LogP contribution is -2.64. The molecule has 4 rings (SSSR count). The molecule has 2 aliphatic rings. The van der Waals surface area contributed by atoms with E-state index in [0.29, 0.717) is 24.8 Å². The number of piperidine rings is 1. The Bertz CT molecular complexity index is 1580. The highest BCUT2D eigenvalue weighted by atomic mass is 32.2. The second-order valence-corrected chi connectivity index (χ2v) is 18.0. The Morgan fingerprint density at radius 3 is 2.22 bits per heavy atom. The molecule has 1 heterocycles. The van der Waals surface area contributed by atoms with Gasteiger partial charge in [0.2, 0.25) is 11.8 Å². The zero-order chi connectivity index (χ0) is 36.1. The summed E-state index contributed by atoms with van der Waals surface area (Å²) >= 11 is 0. The predicted octanol–water partition coefficient (Wildman–Crippen LogP) is 3.63. The maximum absolute atomic E-state index is 14.1. The highest BCUT2D eigenvalue weighted by Gasteiger charge is 2.46. The van der Waals surface area contributed by atoms with Crippen molar-refractivity contribution in [1.29, 1.82) is 0 Å². The van der Waals surface area contributed by atoms with E-state index in [1.165, 1.54) is 32.0 Å². The predicted molar refractivity (Wildman–Crippen MR) is 188 cm³/mol. The number of carbonyl (C=O) groups excluding carboxylic acids is 3. The largest absolute Gasteiger partial charge is 0.390 e. The number of rotatable bonds is 12. The zero-order valence-electron chi connectivity index (χ0n) is 29.5. The molecule has 4 N–H and O–H groups in total. The van der Waals surface area contributed by atoms with Crippen LogP contribution < -0.4 is 16.0 Å². The number of nitrogens with one attached hydrogen (secondary N) is 3. The molecule has 49 heavy (non-hydrogen) atoms. The van der Waals surface area contributed by atoms with Crippen LogP contribution in [-0.4, -0.2) is 90.0 Å². The number of benzene rings is 2. The molecular formula is C37H53FN4O6S. The molecule has 2 aromatic carbocycles. The summed E-state index contributed by atoms with van der Waals surface area (Å²) in [5.74, 6) is -1.55. The number of fused-ring (bicyclic) bond motifs is 1. The van der Waals surface area contributed by atoms with Gasteiger partial charge in [0.15, 0.2) is 9.84 Å². The molecule has 0 radical (unpaired) electrons. The van der Waals surface area contributed by atoms with E-state index in [1.807, 2.05) is 56.0 Å². The summed E-state index contributed by atoms with van der Waals surface area (Å²) in [5.41, 5.74) is 0.308. The van der Waals surface area contributed by atoms with Gasteiger partial charge >= 0.3 is 0 Å². The lowest BCUT2D eigenvalue weighted by atomic mass is 9.72. The molecule has 2 aromatic rings. The molecule has 12 heteroatoms. The van der Waals surface area contributed by atoms with Gasteiger partial charge in [0.25, 0.3) is 5.91 Å². The summed E-state index contributed by atoms with van der Waals surface area (Å²) in [5, 5.41) is 20.4. The average molecular weight is 701 g/mol. The van der Waals surface area contributed by atoms with Crippen molar-refractivity contribution in [3.63, 3.8) is 0 Å². The highest BCUT2D eigenvalue weighted by Crippen LogP contribution is 2.39. The molecule has 10 nitrogen and oxygen atoms in total. The average Bonchev–Trinajstić information content (AvgIpc) is 3.01. The van der Waals surface area contributed by atoms with Crippen molar-refractivity contribution < 1.29 is 32.3 Å². The number of β-amino-alcohol motifs (C(OH)–C–C–N with tert-alkyl or cyclic N) is 1. The normalized spacial score (nSPS) is 22.2. The van der Waals surface area contributed by atoms with Crippen molar-refractivity contribution >= 4 is 27.6 Å². The topological polar surface area (TPSA) is 145 Å². The minimum Gasteiger partial charge on any atom is -0.390 e. The summed E-state index contributed by atoms with van der Waals surface area (Å²) in [6.45, 7) is 9.22. The van der Waals surface area contributed by atoms with Gasteiger partial charge in [-0.3, -0.25) is 19.3 Å². The standard InChI is InChI=1S/C37H53FN4O6S/c1-36(2,3)41-34(45)30-21-25-15-10-11-16-27(25)22-42(30)23-31(43)29(19-24-13-8-7-9-14-24)39-35(46)32(37(4,5)49(6,47)48)40-33(44)26-17-12-18-28(38)20-26/h7-9,12-14,17-18,20,25,27,29-32,43H,10-11,15-16,19,21-23H2,1-6H3,(H,39,46)(H,40,44)(H,41,45)/t25?,27?,29-,30-,31+,32+/m0/s1. The lowest BCUT2D eigenvalue weighted by molar-refractivity contribution is -0.133. The van der Waals surface area contributed by atoms with Crippen molar-refractivity contribution in [2.75, 3.05) is 19.3 Å². The van der Waals surface area contributed by atoms with Crippen LogP contribution in [0.5, 0.6) is 0 Å². The summed E-state index contributed by atoms with van der Waals surface area (Å²) in [7, 11) is -3.93. The first kappa shape index (κ1) is 38.5. The molecule has 3 amide bonds. The van der Waals surface area contributed by atoms with Crippen LogP contribution in [0.1, 0.15) is 82.6 Å². The van der Waals surface area contributed by atoms with Crippen molar-refractivity contribution in [1.82, 2.24) is 20.9 Å². The third-order valence-corrected chi connectivity index (χ3v) is 12.2. The number of hydrogen-bond acceptors (Lipinski definition) is 7. The smallest absolute Gasteiger partial charge is 0.252 e. The van der Waals surface area contributed by atoms with E-state index >= 15 is 0 Å². The molecule has 2 unspecified atom stereocenters. The SMILES string of the molecule is CC(C)(C)NC(=O)[C@@H]1CC2CCCCC2CN1C[C@@H](O)[C@H](Cc1ccccc1)NC(=O)[C@@H](NC(=O)c1cccc(F)c1)C(C)(C)S(C)(=O)=O. The Kier molecular flexibility index (Phi) is 12.3. The van der Waals surface area contributed by atoms with Crippen LogP contribution in [0.4, 0.5) is 4.39 Å². The Morgan fingerprint density at radius 1 is 0.959 bits per heavy atom. The van der Waals surface area contributed by atoms with Gasteiger partial charge in [-0.15, -0.1) is 0 Å². The number of carbonyl (C=O) groups is 3. The van der Waals surface area contributed by atoms with Gasteiger partial charge in [-0.05, 0) is 89.5 Å². The fraction of sp³-hybridized carbons (Fsp3) is 0.595. The Hall–Kier alpha value is -3.35. The minimum absolute atomic E-state index is 0.0753. The second kappa shape index (κ2) is 15.7. The van der Waals surface area contributed by atoms with Gasteiger partial charge in [0, 0.05) is 30.4 Å². The van der Waals surface area contributed by atoms with E-state index in [9.17, 15) is 32.3 Å². The van der Waals surface area contributed by atoms with E-state index in [0.717, 1.165) is 43.6 Å². The molecule has 0 aromatic heterocycles. The van der Waals surface area contributed by atoms with Crippen LogP contribution >= 0.6 is 0 Å². The number of aliphatic hydroxyl groups is 1. The van der Waals surface area contributed by atoms with E-state index in [2.05, 4.69) is 16.0 Å². The summed E-state index contributed by atoms with van der Waals surface area (Å²) in [4.78, 5) is 43.0. The first-order chi connectivity index (χ1) is 22.9. The Morgan fingerprint density at radius 2 is 1.61 bits per heavy atom. The van der Waals surface area contributed by atoms with Gasteiger partial charge in [0.05, 0.1) is 22.9 Å². The number of likely N-dealkylation sites (tertiary alicyclic amines) is 1. The van der Waals surface area contributed by atoms with Crippen LogP contribution in [0.3, 0.4) is 0 Å². The van der Waals surface area contributed by atoms with Crippen LogP contribution in [0, 0.1) is 17.7 Å². The summed E-state index contributed by atoms with van der Waals surface area (Å²) in [6, 6.07) is 11.2. The molecule has 6 atom stereocenters. The molecule has 1 aliphatic carbocycles. The Labute approximate surface area is 290 Å². The quantitative estimate of drug-likeness (QED) is 0.265. The van der Waals surface area contributed by atoms with E-state index in [1.54, 1.807) is 0 Å². The van der Waals surface area contributed by atoms with Gasteiger partial charge in [-0.1, -0.05) is 55.7 Å². The molecule has 270 valence electrons. The van der Waals surface area contributed by atoms with Crippen molar-refractivity contribution in [2.45, 2.75) is 108 Å². The van der Waals surface area contributed by atoms with Gasteiger partial charge in [0.1, 0.15) is 11.9 Å². The minimum atomic E-state index is -3.93. The van der Waals surface area contributed by atoms with Gasteiger partial charge in [-0.2, -0.15) is 0 Å². The molecule has 0 spiro atoms. The lowest BCUT2D eigenvalue weighted by Gasteiger charge is -2.47. The Balaban J connectivity index is 1.63. The van der Waals surface area contributed by atoms with Crippen molar-refractivity contribution in [3.05, 3.63) is 71.5 Å².